The third-order valence-electron chi connectivity index (χ3n) is 1.84. The van der Waals surface area contributed by atoms with Gasteiger partial charge in [-0.1, -0.05) is 12.1 Å². The first kappa shape index (κ1) is 8.98. The number of fused-ring (bicyclic) bond motifs is 1. The monoisotopic (exact) mass is 186 g/mol. The average molecular weight is 186 g/mol. The normalized spacial score (nSPS) is 12.3. The second kappa shape index (κ2) is 3.65. The third kappa shape index (κ3) is 1.83. The molecule has 14 heavy (non-hydrogen) atoms. The summed E-state index contributed by atoms with van der Waals surface area (Å²) in [5.41, 5.74) is 4.17. The van der Waals surface area contributed by atoms with Crippen LogP contribution in [0.3, 0.4) is 0 Å². The molecular formula is C11H11BO2. The second-order valence-corrected chi connectivity index (χ2v) is 3.36. The lowest BCUT2D eigenvalue weighted by Crippen LogP contribution is -2.20. The van der Waals surface area contributed by atoms with Crippen molar-refractivity contribution in [3.63, 3.8) is 0 Å². The van der Waals surface area contributed by atoms with E-state index < -0.39 is 0 Å². The molecule has 2 rings (SSSR count). The Balaban J connectivity index is 2.16. The molecule has 1 heterocycles. The number of hydrogen-bond donors (Lipinski definition) is 0. The highest BCUT2D eigenvalue weighted by Gasteiger charge is 2.28. The summed E-state index contributed by atoms with van der Waals surface area (Å²) in [7, 11) is -0.331. The van der Waals surface area contributed by atoms with Gasteiger partial charge in [0.2, 0.25) is 0 Å². The fourth-order valence-corrected chi connectivity index (χ4v) is 1.22. The smallest absolute Gasteiger partial charge is 0.519 e. The first-order chi connectivity index (χ1) is 6.75. The van der Waals surface area contributed by atoms with E-state index in [9.17, 15) is 0 Å². The molecule has 0 unspecified atom stereocenters. The van der Waals surface area contributed by atoms with E-state index in [1.165, 1.54) is 0 Å². The minimum Gasteiger partial charge on any atom is -0.519 e. The predicted octanol–water partition coefficient (Wildman–Crippen LogP) is 2.61. The molecule has 0 radical (unpaired) electrons. The van der Waals surface area contributed by atoms with Crippen molar-refractivity contribution < 1.29 is 9.31 Å². The molecule has 1 aliphatic heterocycles. The zero-order chi connectivity index (χ0) is 9.97. The molecule has 0 aliphatic carbocycles. The molecule has 2 nitrogen and oxygen atoms in total. The van der Waals surface area contributed by atoms with Crippen molar-refractivity contribution in [2.24, 2.45) is 0 Å². The summed E-state index contributed by atoms with van der Waals surface area (Å²) >= 11 is 0. The van der Waals surface area contributed by atoms with Crippen LogP contribution in [0.5, 0.6) is 11.5 Å². The molecule has 0 bridgehead atoms. The molecule has 0 atom stereocenters. The SMILES string of the molecule is CC(C)=C=CB1Oc2ccccc2O1. The minimum absolute atomic E-state index is 0.331. The summed E-state index contributed by atoms with van der Waals surface area (Å²) in [5.74, 6) is 3.38. The fourth-order valence-electron chi connectivity index (χ4n) is 1.22. The second-order valence-electron chi connectivity index (χ2n) is 3.36. The van der Waals surface area contributed by atoms with Crippen LogP contribution in [0.2, 0.25) is 0 Å². The van der Waals surface area contributed by atoms with Gasteiger partial charge >= 0.3 is 7.12 Å². The predicted molar refractivity (Wildman–Crippen MR) is 56.4 cm³/mol. The van der Waals surface area contributed by atoms with Crippen LogP contribution in [-0.4, -0.2) is 7.12 Å². The van der Waals surface area contributed by atoms with Gasteiger partial charge in [-0.3, -0.25) is 0 Å². The van der Waals surface area contributed by atoms with Gasteiger partial charge in [0.05, 0.1) is 0 Å². The maximum absolute atomic E-state index is 5.50. The highest BCUT2D eigenvalue weighted by atomic mass is 16.6. The highest BCUT2D eigenvalue weighted by molar-refractivity contribution is 6.53. The molecule has 0 fully saturated rings. The van der Waals surface area contributed by atoms with E-state index in [-0.39, 0.29) is 7.12 Å². The third-order valence-corrected chi connectivity index (χ3v) is 1.84. The summed E-state index contributed by atoms with van der Waals surface area (Å²) in [6, 6.07) is 7.64. The minimum atomic E-state index is -0.331. The maximum Gasteiger partial charge on any atom is 0.633 e. The molecule has 0 N–H and O–H groups in total. The van der Waals surface area contributed by atoms with Crippen molar-refractivity contribution in [1.82, 2.24) is 0 Å². The van der Waals surface area contributed by atoms with E-state index in [1.54, 1.807) is 5.98 Å². The summed E-state index contributed by atoms with van der Waals surface area (Å²) < 4.78 is 11.0. The summed E-state index contributed by atoms with van der Waals surface area (Å²) in [5, 5.41) is 0. The quantitative estimate of drug-likeness (QED) is 0.495. The van der Waals surface area contributed by atoms with Crippen LogP contribution < -0.4 is 9.31 Å². The Morgan fingerprint density at radius 2 is 1.79 bits per heavy atom. The van der Waals surface area contributed by atoms with E-state index in [1.807, 2.05) is 38.1 Å². The summed E-state index contributed by atoms with van der Waals surface area (Å²) in [6.45, 7) is 3.97. The lowest BCUT2D eigenvalue weighted by Gasteiger charge is -1.95. The molecule has 0 spiro atoms. The zero-order valence-corrected chi connectivity index (χ0v) is 8.28. The number of rotatable bonds is 1. The molecule has 0 aromatic heterocycles. The van der Waals surface area contributed by atoms with Gasteiger partial charge in [0.25, 0.3) is 0 Å². The van der Waals surface area contributed by atoms with E-state index in [2.05, 4.69) is 5.73 Å². The Hall–Kier alpha value is -1.60. The van der Waals surface area contributed by atoms with Crippen molar-refractivity contribution in [3.8, 4) is 11.5 Å². The van der Waals surface area contributed by atoms with Gasteiger partial charge in [-0.15, -0.1) is 5.73 Å². The standard InChI is InChI=1S/C11H11BO2/c1-9(2)7-8-12-13-10-5-3-4-6-11(10)14-12/h3-6,8H,1-2H3. The number of para-hydroxylation sites is 2. The van der Waals surface area contributed by atoms with Gasteiger partial charge in [-0.25, -0.2) is 0 Å². The van der Waals surface area contributed by atoms with E-state index in [0.717, 1.165) is 17.1 Å². The highest BCUT2D eigenvalue weighted by Crippen LogP contribution is 2.32. The van der Waals surface area contributed by atoms with Crippen LogP contribution >= 0.6 is 0 Å². The Labute approximate surface area is 84.0 Å². The van der Waals surface area contributed by atoms with Gasteiger partial charge in [0, 0.05) is 5.98 Å². The molecule has 3 heteroatoms. The van der Waals surface area contributed by atoms with Crippen molar-refractivity contribution >= 4 is 7.12 Å². The molecule has 0 saturated carbocycles. The molecular weight excluding hydrogens is 175 g/mol. The van der Waals surface area contributed by atoms with Gasteiger partial charge in [0.15, 0.2) is 0 Å². The average Bonchev–Trinajstić information content (AvgIpc) is 2.57. The lowest BCUT2D eigenvalue weighted by molar-refractivity contribution is 0.517. The van der Waals surface area contributed by atoms with Crippen LogP contribution in [0, 0.1) is 0 Å². The van der Waals surface area contributed by atoms with Gasteiger partial charge in [-0.05, 0) is 31.6 Å². The number of hydrogen-bond acceptors (Lipinski definition) is 2. The number of allylic oxidation sites excluding steroid dienone is 1. The van der Waals surface area contributed by atoms with E-state index in [0.29, 0.717) is 0 Å². The molecule has 1 aliphatic rings. The summed E-state index contributed by atoms with van der Waals surface area (Å²) in [6.07, 6.45) is 0. The first-order valence-corrected chi connectivity index (χ1v) is 4.58. The van der Waals surface area contributed by atoms with Gasteiger partial charge in [0.1, 0.15) is 11.5 Å². The Morgan fingerprint density at radius 1 is 1.21 bits per heavy atom. The molecule has 0 saturated heterocycles. The zero-order valence-electron chi connectivity index (χ0n) is 8.28. The number of benzene rings is 1. The maximum atomic E-state index is 5.50. The van der Waals surface area contributed by atoms with E-state index in [4.69, 9.17) is 9.31 Å². The van der Waals surface area contributed by atoms with Crippen LogP contribution in [0.4, 0.5) is 0 Å². The van der Waals surface area contributed by atoms with Crippen LogP contribution in [0.1, 0.15) is 13.8 Å². The molecule has 70 valence electrons. The molecule has 0 amide bonds. The van der Waals surface area contributed by atoms with Crippen molar-refractivity contribution in [2.75, 3.05) is 0 Å². The Bertz CT molecular complexity index is 377. The lowest BCUT2D eigenvalue weighted by atomic mass is 9.91. The summed E-state index contributed by atoms with van der Waals surface area (Å²) in [4.78, 5) is 0. The van der Waals surface area contributed by atoms with Crippen molar-refractivity contribution in [3.05, 3.63) is 41.5 Å². The first-order valence-electron chi connectivity index (χ1n) is 4.58. The Morgan fingerprint density at radius 3 is 2.29 bits per heavy atom. The largest absolute Gasteiger partial charge is 0.633 e. The van der Waals surface area contributed by atoms with Crippen molar-refractivity contribution in [2.45, 2.75) is 13.8 Å². The van der Waals surface area contributed by atoms with Crippen LogP contribution in [-0.2, 0) is 0 Å². The molecule has 1 aromatic carbocycles. The molecule has 1 aromatic rings. The Kier molecular flexibility index (Phi) is 2.34. The fraction of sp³-hybridized carbons (Fsp3) is 0.182. The topological polar surface area (TPSA) is 18.5 Å². The van der Waals surface area contributed by atoms with Gasteiger partial charge < -0.3 is 9.31 Å². The van der Waals surface area contributed by atoms with Crippen molar-refractivity contribution in [1.29, 1.82) is 0 Å². The van der Waals surface area contributed by atoms with Gasteiger partial charge in [-0.2, -0.15) is 0 Å². The van der Waals surface area contributed by atoms with Crippen LogP contribution in [0.15, 0.2) is 41.5 Å². The van der Waals surface area contributed by atoms with E-state index >= 15 is 0 Å². The van der Waals surface area contributed by atoms with Crippen LogP contribution in [0.25, 0.3) is 0 Å².